The quantitative estimate of drug-likeness (QED) is 0.856. The van der Waals surface area contributed by atoms with Crippen molar-refractivity contribution < 1.29 is 9.53 Å². The zero-order valence-electron chi connectivity index (χ0n) is 8.57. The average molecular weight is 272 g/mol. The summed E-state index contributed by atoms with van der Waals surface area (Å²) in [4.78, 5) is 11.5. The van der Waals surface area contributed by atoms with Crippen molar-refractivity contribution in [2.45, 2.75) is 19.4 Å². The van der Waals surface area contributed by atoms with E-state index < -0.39 is 0 Å². The lowest BCUT2D eigenvalue weighted by molar-refractivity contribution is 0.0495. The molecule has 0 spiro atoms. The van der Waals surface area contributed by atoms with Crippen LogP contribution in [0.25, 0.3) is 0 Å². The minimum Gasteiger partial charge on any atom is -0.462 e. The molecule has 0 aliphatic carbocycles. The molecule has 0 radical (unpaired) electrons. The van der Waals surface area contributed by atoms with Gasteiger partial charge in [0, 0.05) is 10.5 Å². The van der Waals surface area contributed by atoms with E-state index in [9.17, 15) is 4.79 Å². The fraction of sp³-hybridized carbons (Fsp3) is 0.364. The number of hydrogen-bond donors (Lipinski definition) is 1. The standard InChI is InChI=1S/C11H14BrNO2/c1-8(13)6-7-15-11(14)9-2-4-10(12)5-3-9/h2-5,8H,6-7,13H2,1H3. The second-order valence-electron chi connectivity index (χ2n) is 3.41. The molecule has 1 atom stereocenters. The smallest absolute Gasteiger partial charge is 0.338 e. The molecule has 0 aliphatic rings. The van der Waals surface area contributed by atoms with Gasteiger partial charge in [0.2, 0.25) is 0 Å². The van der Waals surface area contributed by atoms with E-state index in [0.717, 1.165) is 4.47 Å². The van der Waals surface area contributed by atoms with Gasteiger partial charge in [0.15, 0.2) is 0 Å². The number of esters is 1. The zero-order chi connectivity index (χ0) is 11.3. The Morgan fingerprint density at radius 1 is 1.47 bits per heavy atom. The van der Waals surface area contributed by atoms with Crippen molar-refractivity contribution in [2.24, 2.45) is 5.73 Å². The molecule has 3 nitrogen and oxygen atoms in total. The lowest BCUT2D eigenvalue weighted by Gasteiger charge is -2.06. The van der Waals surface area contributed by atoms with E-state index in [1.807, 2.05) is 19.1 Å². The molecule has 0 heterocycles. The fourth-order valence-electron chi connectivity index (χ4n) is 1.01. The molecule has 1 aromatic carbocycles. The Morgan fingerprint density at radius 2 is 2.07 bits per heavy atom. The molecular formula is C11H14BrNO2. The lowest BCUT2D eigenvalue weighted by atomic mass is 10.2. The predicted octanol–water partition coefficient (Wildman–Crippen LogP) is 2.34. The number of hydrogen-bond acceptors (Lipinski definition) is 3. The summed E-state index contributed by atoms with van der Waals surface area (Å²) in [6, 6.07) is 7.11. The van der Waals surface area contributed by atoms with Crippen LogP contribution in [0.5, 0.6) is 0 Å². The third-order valence-corrected chi connectivity index (χ3v) is 2.41. The number of carbonyl (C=O) groups is 1. The zero-order valence-corrected chi connectivity index (χ0v) is 10.2. The van der Waals surface area contributed by atoms with E-state index in [0.29, 0.717) is 18.6 Å². The van der Waals surface area contributed by atoms with Crippen molar-refractivity contribution in [2.75, 3.05) is 6.61 Å². The maximum atomic E-state index is 11.5. The SMILES string of the molecule is CC(N)CCOC(=O)c1ccc(Br)cc1. The number of ether oxygens (including phenoxy) is 1. The highest BCUT2D eigenvalue weighted by molar-refractivity contribution is 9.10. The van der Waals surface area contributed by atoms with Gasteiger partial charge in [-0.05, 0) is 37.6 Å². The van der Waals surface area contributed by atoms with Crippen molar-refractivity contribution in [1.29, 1.82) is 0 Å². The second kappa shape index (κ2) is 5.88. The molecule has 0 saturated heterocycles. The summed E-state index contributed by atoms with van der Waals surface area (Å²) < 4.78 is 5.98. The minimum atomic E-state index is -0.303. The first kappa shape index (κ1) is 12.2. The summed E-state index contributed by atoms with van der Waals surface area (Å²) >= 11 is 3.30. The van der Waals surface area contributed by atoms with Gasteiger partial charge in [-0.2, -0.15) is 0 Å². The van der Waals surface area contributed by atoms with Gasteiger partial charge in [0.05, 0.1) is 12.2 Å². The number of halogens is 1. The first-order valence-electron chi connectivity index (χ1n) is 4.78. The van der Waals surface area contributed by atoms with Gasteiger partial charge in [-0.3, -0.25) is 0 Å². The molecule has 0 aliphatic heterocycles. The Morgan fingerprint density at radius 3 is 2.60 bits per heavy atom. The third-order valence-electron chi connectivity index (χ3n) is 1.89. The van der Waals surface area contributed by atoms with E-state index in [2.05, 4.69) is 15.9 Å². The van der Waals surface area contributed by atoms with E-state index in [1.165, 1.54) is 0 Å². The van der Waals surface area contributed by atoms with Crippen molar-refractivity contribution in [1.82, 2.24) is 0 Å². The largest absolute Gasteiger partial charge is 0.462 e. The van der Waals surface area contributed by atoms with Crippen LogP contribution in [0, 0.1) is 0 Å². The summed E-state index contributed by atoms with van der Waals surface area (Å²) in [6.45, 7) is 2.25. The summed E-state index contributed by atoms with van der Waals surface area (Å²) in [5.41, 5.74) is 6.10. The number of benzene rings is 1. The van der Waals surface area contributed by atoms with Crippen LogP contribution in [0.2, 0.25) is 0 Å². The number of carbonyl (C=O) groups excluding carboxylic acids is 1. The summed E-state index contributed by atoms with van der Waals surface area (Å²) in [6.07, 6.45) is 0.683. The minimum absolute atomic E-state index is 0.0581. The molecule has 0 bridgehead atoms. The molecule has 1 unspecified atom stereocenters. The van der Waals surface area contributed by atoms with Crippen LogP contribution in [0.4, 0.5) is 0 Å². The lowest BCUT2D eigenvalue weighted by Crippen LogP contribution is -2.18. The van der Waals surface area contributed by atoms with Crippen molar-refractivity contribution >= 4 is 21.9 Å². The molecule has 1 rings (SSSR count). The number of rotatable bonds is 4. The van der Waals surface area contributed by atoms with Crippen molar-refractivity contribution in [3.05, 3.63) is 34.3 Å². The van der Waals surface area contributed by atoms with Crippen LogP contribution in [-0.4, -0.2) is 18.6 Å². The Hall–Kier alpha value is -0.870. The Labute approximate surface area is 97.7 Å². The molecule has 1 aromatic rings. The maximum absolute atomic E-state index is 11.5. The molecule has 0 saturated carbocycles. The highest BCUT2D eigenvalue weighted by Gasteiger charge is 2.06. The molecule has 0 fully saturated rings. The molecule has 0 amide bonds. The Balaban J connectivity index is 2.43. The van der Waals surface area contributed by atoms with Crippen LogP contribution in [0.15, 0.2) is 28.7 Å². The molecule has 82 valence electrons. The predicted molar refractivity (Wildman–Crippen MR) is 62.7 cm³/mol. The van der Waals surface area contributed by atoms with E-state index in [4.69, 9.17) is 10.5 Å². The van der Waals surface area contributed by atoms with E-state index >= 15 is 0 Å². The van der Waals surface area contributed by atoms with Gasteiger partial charge < -0.3 is 10.5 Å². The topological polar surface area (TPSA) is 52.3 Å². The van der Waals surface area contributed by atoms with Crippen LogP contribution in [-0.2, 0) is 4.74 Å². The molecule has 0 aromatic heterocycles. The normalized spacial score (nSPS) is 12.2. The van der Waals surface area contributed by atoms with E-state index in [1.54, 1.807) is 12.1 Å². The summed E-state index contributed by atoms with van der Waals surface area (Å²) in [5, 5.41) is 0. The first-order valence-corrected chi connectivity index (χ1v) is 5.57. The van der Waals surface area contributed by atoms with Gasteiger partial charge in [-0.15, -0.1) is 0 Å². The van der Waals surface area contributed by atoms with Crippen LogP contribution in [0.3, 0.4) is 0 Å². The summed E-state index contributed by atoms with van der Waals surface area (Å²) in [5.74, 6) is -0.303. The Bertz CT molecular complexity index is 322. The molecule has 2 N–H and O–H groups in total. The monoisotopic (exact) mass is 271 g/mol. The highest BCUT2D eigenvalue weighted by atomic mass is 79.9. The molecule has 4 heteroatoms. The first-order chi connectivity index (χ1) is 7.09. The molecule has 15 heavy (non-hydrogen) atoms. The Kier molecular flexibility index (Phi) is 4.78. The fourth-order valence-corrected chi connectivity index (χ4v) is 1.27. The van der Waals surface area contributed by atoms with Crippen molar-refractivity contribution in [3.63, 3.8) is 0 Å². The van der Waals surface area contributed by atoms with Crippen LogP contribution in [0.1, 0.15) is 23.7 Å². The maximum Gasteiger partial charge on any atom is 0.338 e. The van der Waals surface area contributed by atoms with Gasteiger partial charge in [-0.25, -0.2) is 4.79 Å². The van der Waals surface area contributed by atoms with Crippen LogP contribution >= 0.6 is 15.9 Å². The van der Waals surface area contributed by atoms with Gasteiger partial charge in [-0.1, -0.05) is 15.9 Å². The third kappa shape index (κ3) is 4.44. The van der Waals surface area contributed by atoms with E-state index in [-0.39, 0.29) is 12.0 Å². The van der Waals surface area contributed by atoms with Crippen molar-refractivity contribution in [3.8, 4) is 0 Å². The van der Waals surface area contributed by atoms with Gasteiger partial charge in [0.25, 0.3) is 0 Å². The number of nitrogens with two attached hydrogens (primary N) is 1. The van der Waals surface area contributed by atoms with Gasteiger partial charge in [0.1, 0.15) is 0 Å². The average Bonchev–Trinajstić information content (AvgIpc) is 2.18. The van der Waals surface area contributed by atoms with Gasteiger partial charge >= 0.3 is 5.97 Å². The van der Waals surface area contributed by atoms with Crippen LogP contribution < -0.4 is 5.73 Å². The molecular weight excluding hydrogens is 258 g/mol. The second-order valence-corrected chi connectivity index (χ2v) is 4.32. The highest BCUT2D eigenvalue weighted by Crippen LogP contribution is 2.11. The summed E-state index contributed by atoms with van der Waals surface area (Å²) in [7, 11) is 0.